The van der Waals surface area contributed by atoms with Crippen molar-refractivity contribution in [2.24, 2.45) is 0 Å². The number of aromatic nitrogens is 1. The minimum atomic E-state index is -0.102. The Morgan fingerprint density at radius 2 is 1.57 bits per heavy atom. The van der Waals surface area contributed by atoms with Gasteiger partial charge in [0, 0.05) is 42.3 Å². The molecule has 6 heteroatoms. The van der Waals surface area contributed by atoms with Crippen molar-refractivity contribution in [3.63, 3.8) is 0 Å². The van der Waals surface area contributed by atoms with E-state index >= 15 is 0 Å². The van der Waals surface area contributed by atoms with Gasteiger partial charge in [-0.2, -0.15) is 0 Å². The first-order chi connectivity index (χ1) is 20.2. The van der Waals surface area contributed by atoms with E-state index in [4.69, 9.17) is 4.74 Å². The van der Waals surface area contributed by atoms with Gasteiger partial charge in [-0.15, -0.1) is 0 Å². The topological polar surface area (TPSA) is 65.6 Å². The number of fused-ring (bicyclic) bond motifs is 1. The summed E-state index contributed by atoms with van der Waals surface area (Å²) < 4.78 is 5.61. The fraction of sp³-hybridized carbons (Fsp3) is 0.389. The Morgan fingerprint density at radius 1 is 0.857 bits per heavy atom. The largest absolute Gasteiger partial charge is 0.494 e. The highest BCUT2D eigenvalue weighted by Gasteiger charge is 2.23. The maximum Gasteiger partial charge on any atom is 0.254 e. The fourth-order valence-corrected chi connectivity index (χ4v) is 5.12. The number of carbonyl (C=O) groups is 2. The number of rotatable bonds is 13. The molecule has 0 aliphatic carbocycles. The monoisotopic (exact) mass is 567 g/mol. The molecule has 0 radical (unpaired) electrons. The summed E-state index contributed by atoms with van der Waals surface area (Å²) in [5.74, 6) is 0.654. The van der Waals surface area contributed by atoms with Crippen molar-refractivity contribution < 1.29 is 14.3 Å². The van der Waals surface area contributed by atoms with Crippen molar-refractivity contribution in [3.8, 4) is 5.75 Å². The predicted molar refractivity (Wildman–Crippen MR) is 171 cm³/mol. The molecule has 2 amide bonds. The number of hydrogen-bond donors (Lipinski definition) is 1. The predicted octanol–water partition coefficient (Wildman–Crippen LogP) is 7.38. The third-order valence-corrected chi connectivity index (χ3v) is 7.68. The van der Waals surface area contributed by atoms with Crippen LogP contribution in [-0.2, 0) is 23.2 Å². The lowest BCUT2D eigenvalue weighted by Gasteiger charge is -2.28. The molecule has 0 atom stereocenters. The van der Waals surface area contributed by atoms with Crippen LogP contribution in [-0.4, -0.2) is 52.8 Å². The molecule has 0 saturated heterocycles. The van der Waals surface area contributed by atoms with Gasteiger partial charge in [0.25, 0.3) is 5.91 Å². The first-order valence-electron chi connectivity index (χ1n) is 15.1. The summed E-state index contributed by atoms with van der Waals surface area (Å²) in [6.45, 7) is 12.7. The smallest absolute Gasteiger partial charge is 0.254 e. The summed E-state index contributed by atoms with van der Waals surface area (Å²) in [4.78, 5) is 34.5. The summed E-state index contributed by atoms with van der Waals surface area (Å²) in [6.07, 6.45) is 4.53. The fourth-order valence-electron chi connectivity index (χ4n) is 5.12. The number of hydrogen-bond acceptors (Lipinski definition) is 3. The molecule has 4 rings (SSSR count). The summed E-state index contributed by atoms with van der Waals surface area (Å²) in [6, 6.07) is 23.9. The maximum atomic E-state index is 13.9. The highest BCUT2D eigenvalue weighted by atomic mass is 16.5. The quantitative estimate of drug-likeness (QED) is 0.183. The van der Waals surface area contributed by atoms with Crippen molar-refractivity contribution in [1.82, 2.24) is 14.8 Å². The van der Waals surface area contributed by atoms with Gasteiger partial charge in [0.1, 0.15) is 12.3 Å². The molecule has 0 bridgehead atoms. The van der Waals surface area contributed by atoms with Crippen molar-refractivity contribution in [2.75, 3.05) is 26.2 Å². The summed E-state index contributed by atoms with van der Waals surface area (Å²) >= 11 is 0. The number of unbranched alkanes of at least 4 members (excludes halogenated alkanes) is 1. The summed E-state index contributed by atoms with van der Waals surface area (Å²) in [5.41, 5.74) is 5.08. The van der Waals surface area contributed by atoms with Gasteiger partial charge in [-0.05, 0) is 72.2 Å². The Labute approximate surface area is 250 Å². The van der Waals surface area contributed by atoms with Gasteiger partial charge in [-0.25, -0.2) is 0 Å². The Hall–Kier alpha value is -4.06. The van der Waals surface area contributed by atoms with Crippen LogP contribution in [0, 0.1) is 0 Å². The molecule has 4 aromatic rings. The molecule has 0 aliphatic rings. The number of nitrogens with zero attached hydrogens (tertiary/aromatic N) is 2. The maximum absolute atomic E-state index is 13.9. The lowest BCUT2D eigenvalue weighted by Crippen LogP contribution is -2.43. The second-order valence-electron chi connectivity index (χ2n) is 11.9. The summed E-state index contributed by atoms with van der Waals surface area (Å²) in [5, 5.41) is 1.17. The zero-order valence-corrected chi connectivity index (χ0v) is 25.8. The van der Waals surface area contributed by atoms with Crippen LogP contribution in [0.1, 0.15) is 74.5 Å². The van der Waals surface area contributed by atoms with Gasteiger partial charge < -0.3 is 19.5 Å². The van der Waals surface area contributed by atoms with Crippen LogP contribution in [0.2, 0.25) is 0 Å². The molecule has 1 heterocycles. The molecule has 1 aromatic heterocycles. The number of ether oxygens (including phenoxy) is 1. The number of para-hydroxylation sites is 1. The molecule has 1 N–H and O–H groups in total. The molecule has 0 fully saturated rings. The normalized spacial score (nSPS) is 11.5. The second kappa shape index (κ2) is 14.2. The molecule has 0 aliphatic heterocycles. The number of nitrogens with one attached hydrogen (secondary N) is 1. The first kappa shape index (κ1) is 30.9. The second-order valence-corrected chi connectivity index (χ2v) is 11.9. The SMILES string of the molecule is CCCCN(CC(=O)N(CCc1c[nH]c2ccccc12)Cc1ccc(OCC)cc1)C(=O)c1ccc(C(C)(C)C)cc1. The Kier molecular flexibility index (Phi) is 10.5. The molecule has 222 valence electrons. The highest BCUT2D eigenvalue weighted by molar-refractivity contribution is 5.96. The van der Waals surface area contributed by atoms with Crippen molar-refractivity contribution in [3.05, 3.63) is 101 Å². The third-order valence-electron chi connectivity index (χ3n) is 7.68. The lowest BCUT2D eigenvalue weighted by atomic mass is 9.86. The zero-order chi connectivity index (χ0) is 30.1. The van der Waals surface area contributed by atoms with Crippen molar-refractivity contribution in [2.45, 2.75) is 65.8 Å². The van der Waals surface area contributed by atoms with Crippen LogP contribution in [0.15, 0.2) is 79.0 Å². The van der Waals surface area contributed by atoms with E-state index in [9.17, 15) is 9.59 Å². The molecule has 0 spiro atoms. The van der Waals surface area contributed by atoms with Crippen LogP contribution in [0.25, 0.3) is 10.9 Å². The third kappa shape index (κ3) is 8.03. The van der Waals surface area contributed by atoms with Crippen molar-refractivity contribution >= 4 is 22.7 Å². The van der Waals surface area contributed by atoms with Gasteiger partial charge in [0.2, 0.25) is 5.91 Å². The minimum Gasteiger partial charge on any atom is -0.494 e. The Morgan fingerprint density at radius 3 is 2.24 bits per heavy atom. The zero-order valence-electron chi connectivity index (χ0n) is 25.8. The van der Waals surface area contributed by atoms with E-state index < -0.39 is 0 Å². The van der Waals surface area contributed by atoms with E-state index in [0.29, 0.717) is 38.2 Å². The van der Waals surface area contributed by atoms with E-state index in [1.165, 1.54) is 16.5 Å². The minimum absolute atomic E-state index is 0.00556. The molecule has 3 aromatic carbocycles. The van der Waals surface area contributed by atoms with E-state index in [0.717, 1.165) is 29.7 Å². The summed E-state index contributed by atoms with van der Waals surface area (Å²) in [7, 11) is 0. The van der Waals surface area contributed by atoms with Gasteiger partial charge in [-0.1, -0.05) is 76.6 Å². The molecular weight excluding hydrogens is 522 g/mol. The van der Waals surface area contributed by atoms with Crippen molar-refractivity contribution in [1.29, 1.82) is 0 Å². The number of aromatic amines is 1. The van der Waals surface area contributed by atoms with Gasteiger partial charge in [-0.3, -0.25) is 9.59 Å². The number of benzene rings is 3. The molecule has 42 heavy (non-hydrogen) atoms. The standard InChI is InChI=1S/C36H45N3O3/c1-6-8-22-39(35(41)28-15-17-30(18-16-28)36(3,4)5)26-34(40)38(25-27-13-19-31(20-14-27)42-7-2)23-21-29-24-37-33-12-10-9-11-32(29)33/h9-20,24,37H,6-8,21-23,25-26H2,1-5H3. The van der Waals surface area contributed by atoms with E-state index in [1.807, 2.05) is 78.7 Å². The van der Waals surface area contributed by atoms with Gasteiger partial charge in [0.15, 0.2) is 0 Å². The lowest BCUT2D eigenvalue weighted by molar-refractivity contribution is -0.132. The average molecular weight is 568 g/mol. The van der Waals surface area contributed by atoms with Crippen LogP contribution in [0.3, 0.4) is 0 Å². The average Bonchev–Trinajstić information content (AvgIpc) is 3.40. The number of carbonyl (C=O) groups excluding carboxylic acids is 2. The molecule has 6 nitrogen and oxygen atoms in total. The number of H-pyrrole nitrogens is 1. The van der Waals surface area contributed by atoms with Crippen LogP contribution in [0.4, 0.5) is 0 Å². The Balaban J connectivity index is 1.54. The highest BCUT2D eigenvalue weighted by Crippen LogP contribution is 2.23. The molecule has 0 unspecified atom stereocenters. The van der Waals surface area contributed by atoms with E-state index in [1.54, 1.807) is 4.90 Å². The number of amides is 2. The van der Waals surface area contributed by atoms with Gasteiger partial charge >= 0.3 is 0 Å². The van der Waals surface area contributed by atoms with E-state index in [2.05, 4.69) is 44.8 Å². The molecule has 0 saturated carbocycles. The van der Waals surface area contributed by atoms with Gasteiger partial charge in [0.05, 0.1) is 6.61 Å². The van der Waals surface area contributed by atoms with Crippen LogP contribution >= 0.6 is 0 Å². The van der Waals surface area contributed by atoms with Crippen LogP contribution < -0.4 is 4.74 Å². The van der Waals surface area contributed by atoms with E-state index in [-0.39, 0.29) is 23.8 Å². The molecular formula is C36H45N3O3. The first-order valence-corrected chi connectivity index (χ1v) is 15.1. The van der Waals surface area contributed by atoms with Crippen LogP contribution in [0.5, 0.6) is 5.75 Å². The Bertz CT molecular complexity index is 1450.